The zero-order valence-corrected chi connectivity index (χ0v) is 7.62. The van der Waals surface area contributed by atoms with E-state index in [1.165, 1.54) is 19.2 Å². The van der Waals surface area contributed by atoms with Gasteiger partial charge in [-0.15, -0.1) is 0 Å². The van der Waals surface area contributed by atoms with Crippen molar-refractivity contribution < 1.29 is 18.7 Å². The molecule has 0 aliphatic rings. The Morgan fingerprint density at radius 1 is 1.57 bits per heavy atom. The van der Waals surface area contributed by atoms with Crippen molar-refractivity contribution in [2.75, 3.05) is 7.11 Å². The molecule has 0 aliphatic heterocycles. The van der Waals surface area contributed by atoms with Gasteiger partial charge in [-0.25, -0.2) is 4.39 Å². The molecule has 3 nitrogen and oxygen atoms in total. The van der Waals surface area contributed by atoms with Crippen LogP contribution in [0.3, 0.4) is 0 Å². The summed E-state index contributed by atoms with van der Waals surface area (Å²) < 4.78 is 17.1. The molecule has 0 aliphatic carbocycles. The zero-order valence-electron chi connectivity index (χ0n) is 7.62. The lowest BCUT2D eigenvalue weighted by Gasteiger charge is -2.02. The normalized spacial score (nSPS) is 9.57. The van der Waals surface area contributed by atoms with Crippen LogP contribution in [0.2, 0.25) is 0 Å². The summed E-state index contributed by atoms with van der Waals surface area (Å²) in [7, 11) is 1.26. The highest BCUT2D eigenvalue weighted by atomic mass is 19.1. The standard InChI is InChI=1S/C10H9FO3/c1-14-10(13)5-7-2-3-9(11)4-8(7)6-12/h2-4,6H,5H2,1H3. The Kier molecular flexibility index (Phi) is 3.34. The van der Waals surface area contributed by atoms with Crippen molar-refractivity contribution in [3.63, 3.8) is 0 Å². The molecule has 0 amide bonds. The molecule has 0 radical (unpaired) electrons. The van der Waals surface area contributed by atoms with Gasteiger partial charge in [-0.3, -0.25) is 9.59 Å². The smallest absolute Gasteiger partial charge is 0.310 e. The Bertz CT molecular complexity index is 360. The van der Waals surface area contributed by atoms with E-state index in [1.54, 1.807) is 0 Å². The van der Waals surface area contributed by atoms with Gasteiger partial charge in [0, 0.05) is 5.56 Å². The summed E-state index contributed by atoms with van der Waals surface area (Å²) in [4.78, 5) is 21.4. The quantitative estimate of drug-likeness (QED) is 0.541. The van der Waals surface area contributed by atoms with Crippen LogP contribution in [0.25, 0.3) is 0 Å². The molecule has 1 aromatic rings. The summed E-state index contributed by atoms with van der Waals surface area (Å²) in [5, 5.41) is 0. The van der Waals surface area contributed by atoms with Crippen LogP contribution in [-0.2, 0) is 16.0 Å². The fourth-order valence-corrected chi connectivity index (χ4v) is 1.06. The summed E-state index contributed by atoms with van der Waals surface area (Å²) in [6.45, 7) is 0. The largest absolute Gasteiger partial charge is 0.469 e. The SMILES string of the molecule is COC(=O)Cc1ccc(F)cc1C=O. The van der Waals surface area contributed by atoms with E-state index < -0.39 is 11.8 Å². The number of carbonyl (C=O) groups excluding carboxylic acids is 2. The monoisotopic (exact) mass is 196 g/mol. The summed E-state index contributed by atoms with van der Waals surface area (Å²) >= 11 is 0. The predicted molar refractivity (Wildman–Crippen MR) is 47.5 cm³/mol. The second-order valence-corrected chi connectivity index (χ2v) is 2.71. The Morgan fingerprint density at radius 2 is 2.29 bits per heavy atom. The van der Waals surface area contributed by atoms with E-state index in [0.29, 0.717) is 11.8 Å². The van der Waals surface area contributed by atoms with Crippen LogP contribution < -0.4 is 0 Å². The number of carbonyl (C=O) groups is 2. The molecule has 0 N–H and O–H groups in total. The molecule has 0 heterocycles. The van der Waals surface area contributed by atoms with Crippen LogP contribution in [-0.4, -0.2) is 19.4 Å². The third-order valence-electron chi connectivity index (χ3n) is 1.80. The summed E-state index contributed by atoms with van der Waals surface area (Å²) in [5.41, 5.74) is 0.642. The maximum Gasteiger partial charge on any atom is 0.310 e. The molecule has 4 heteroatoms. The molecule has 1 aromatic carbocycles. The Hall–Kier alpha value is -1.71. The van der Waals surface area contributed by atoms with E-state index in [1.807, 2.05) is 0 Å². The van der Waals surface area contributed by atoms with E-state index in [2.05, 4.69) is 4.74 Å². The first-order valence-corrected chi connectivity index (χ1v) is 3.97. The van der Waals surface area contributed by atoms with Crippen LogP contribution >= 0.6 is 0 Å². The number of methoxy groups -OCH3 is 1. The van der Waals surface area contributed by atoms with Gasteiger partial charge in [0.25, 0.3) is 0 Å². The highest BCUT2D eigenvalue weighted by Crippen LogP contribution is 2.10. The fraction of sp³-hybridized carbons (Fsp3) is 0.200. The molecule has 14 heavy (non-hydrogen) atoms. The van der Waals surface area contributed by atoms with Gasteiger partial charge in [0.05, 0.1) is 13.5 Å². The minimum Gasteiger partial charge on any atom is -0.469 e. The summed E-state index contributed by atoms with van der Waals surface area (Å²) in [6, 6.07) is 3.69. The lowest BCUT2D eigenvalue weighted by Crippen LogP contribution is -2.06. The zero-order chi connectivity index (χ0) is 10.6. The summed E-state index contributed by atoms with van der Waals surface area (Å²) in [5.74, 6) is -0.958. The van der Waals surface area contributed by atoms with E-state index >= 15 is 0 Å². The van der Waals surface area contributed by atoms with Crippen LogP contribution in [0.15, 0.2) is 18.2 Å². The molecule has 0 bridgehead atoms. The van der Waals surface area contributed by atoms with Crippen molar-refractivity contribution in [2.24, 2.45) is 0 Å². The fourth-order valence-electron chi connectivity index (χ4n) is 1.06. The number of hydrogen-bond donors (Lipinski definition) is 0. The Balaban J connectivity index is 2.96. The molecule has 0 saturated carbocycles. The van der Waals surface area contributed by atoms with Crippen LogP contribution in [0, 0.1) is 5.82 Å². The van der Waals surface area contributed by atoms with E-state index in [0.717, 1.165) is 6.07 Å². The van der Waals surface area contributed by atoms with Crippen LogP contribution in [0.5, 0.6) is 0 Å². The Morgan fingerprint density at radius 3 is 2.86 bits per heavy atom. The molecule has 0 spiro atoms. The molecule has 0 saturated heterocycles. The van der Waals surface area contributed by atoms with Gasteiger partial charge in [-0.1, -0.05) is 6.07 Å². The van der Waals surface area contributed by atoms with Crippen molar-refractivity contribution in [1.29, 1.82) is 0 Å². The Labute approximate surface area is 80.5 Å². The minimum absolute atomic E-state index is 0.0230. The number of hydrogen-bond acceptors (Lipinski definition) is 3. The maximum atomic E-state index is 12.7. The first kappa shape index (κ1) is 10.4. The lowest BCUT2D eigenvalue weighted by atomic mass is 10.1. The number of esters is 1. The molecule has 0 fully saturated rings. The van der Waals surface area contributed by atoms with Crippen molar-refractivity contribution in [3.8, 4) is 0 Å². The molecule has 0 unspecified atom stereocenters. The highest BCUT2D eigenvalue weighted by molar-refractivity contribution is 5.81. The van der Waals surface area contributed by atoms with Crippen molar-refractivity contribution in [3.05, 3.63) is 35.1 Å². The van der Waals surface area contributed by atoms with Gasteiger partial charge >= 0.3 is 5.97 Å². The molecule has 74 valence electrons. The predicted octanol–water partition coefficient (Wildman–Crippen LogP) is 1.35. The lowest BCUT2D eigenvalue weighted by molar-refractivity contribution is -0.139. The molecule has 0 atom stereocenters. The molecule has 1 rings (SSSR count). The van der Waals surface area contributed by atoms with Crippen molar-refractivity contribution >= 4 is 12.3 Å². The van der Waals surface area contributed by atoms with Gasteiger partial charge in [0.2, 0.25) is 0 Å². The van der Waals surface area contributed by atoms with E-state index in [-0.39, 0.29) is 12.0 Å². The highest BCUT2D eigenvalue weighted by Gasteiger charge is 2.08. The molecular formula is C10H9FO3. The van der Waals surface area contributed by atoms with E-state index in [9.17, 15) is 14.0 Å². The second-order valence-electron chi connectivity index (χ2n) is 2.71. The molecule has 0 aromatic heterocycles. The number of rotatable bonds is 3. The maximum absolute atomic E-state index is 12.7. The second kappa shape index (κ2) is 4.50. The minimum atomic E-state index is -0.499. The average Bonchev–Trinajstić information content (AvgIpc) is 2.20. The first-order valence-electron chi connectivity index (χ1n) is 3.97. The van der Waals surface area contributed by atoms with Gasteiger partial charge in [0.1, 0.15) is 12.1 Å². The third kappa shape index (κ3) is 2.39. The van der Waals surface area contributed by atoms with Gasteiger partial charge in [-0.05, 0) is 17.7 Å². The number of benzene rings is 1. The number of ether oxygens (including phenoxy) is 1. The molecular weight excluding hydrogens is 187 g/mol. The van der Waals surface area contributed by atoms with E-state index in [4.69, 9.17) is 0 Å². The van der Waals surface area contributed by atoms with Crippen molar-refractivity contribution in [1.82, 2.24) is 0 Å². The van der Waals surface area contributed by atoms with Crippen molar-refractivity contribution in [2.45, 2.75) is 6.42 Å². The van der Waals surface area contributed by atoms with Gasteiger partial charge < -0.3 is 4.74 Å². The topological polar surface area (TPSA) is 43.4 Å². The number of aldehydes is 1. The van der Waals surface area contributed by atoms with Gasteiger partial charge in [-0.2, -0.15) is 0 Å². The third-order valence-corrected chi connectivity index (χ3v) is 1.80. The number of halogens is 1. The average molecular weight is 196 g/mol. The first-order chi connectivity index (χ1) is 6.67. The summed E-state index contributed by atoms with van der Waals surface area (Å²) in [6.07, 6.45) is 0.492. The van der Waals surface area contributed by atoms with Gasteiger partial charge in [0.15, 0.2) is 0 Å². The van der Waals surface area contributed by atoms with Crippen LogP contribution in [0.4, 0.5) is 4.39 Å². The van der Waals surface area contributed by atoms with Crippen LogP contribution in [0.1, 0.15) is 15.9 Å².